The van der Waals surface area contributed by atoms with Gasteiger partial charge >= 0.3 is 0 Å². The molecule has 32 heavy (non-hydrogen) atoms. The summed E-state index contributed by atoms with van der Waals surface area (Å²) in [6.07, 6.45) is 1.58. The van der Waals surface area contributed by atoms with E-state index >= 15 is 0 Å². The summed E-state index contributed by atoms with van der Waals surface area (Å²) in [5.41, 5.74) is 2.25. The van der Waals surface area contributed by atoms with Crippen LogP contribution in [0.15, 0.2) is 48.0 Å². The van der Waals surface area contributed by atoms with Gasteiger partial charge in [-0.15, -0.1) is 0 Å². The topological polar surface area (TPSA) is 70.1 Å². The largest absolute Gasteiger partial charge is 0.507 e. The van der Waals surface area contributed by atoms with E-state index in [-0.39, 0.29) is 16.9 Å². The second kappa shape index (κ2) is 10.2. The zero-order chi connectivity index (χ0) is 23.4. The van der Waals surface area contributed by atoms with Gasteiger partial charge in [0.25, 0.3) is 11.7 Å². The van der Waals surface area contributed by atoms with Crippen LogP contribution in [0.3, 0.4) is 0 Å². The van der Waals surface area contributed by atoms with Crippen molar-refractivity contribution in [2.24, 2.45) is 0 Å². The Kier molecular flexibility index (Phi) is 7.59. The molecule has 1 unspecified atom stereocenters. The number of rotatable bonds is 8. The van der Waals surface area contributed by atoms with Crippen molar-refractivity contribution in [1.82, 2.24) is 9.80 Å². The van der Waals surface area contributed by atoms with Gasteiger partial charge in [0, 0.05) is 11.6 Å². The van der Waals surface area contributed by atoms with Crippen molar-refractivity contribution < 1.29 is 19.4 Å². The van der Waals surface area contributed by atoms with Crippen LogP contribution in [0, 0.1) is 0 Å². The third kappa shape index (κ3) is 4.81. The number of Topliss-reactive ketones (excluding diaryl/α,β-unsaturated/α-hetero) is 1. The maximum atomic E-state index is 13.1. The number of aliphatic hydroxyl groups is 1. The highest BCUT2D eigenvalue weighted by Crippen LogP contribution is 2.41. The van der Waals surface area contributed by atoms with Crippen LogP contribution in [0.25, 0.3) is 5.76 Å². The van der Waals surface area contributed by atoms with Gasteiger partial charge in [0.05, 0.1) is 24.3 Å². The fraction of sp³-hybridized carbons (Fsp3) is 0.360. The Morgan fingerprint density at radius 2 is 1.84 bits per heavy atom. The van der Waals surface area contributed by atoms with E-state index in [0.29, 0.717) is 23.7 Å². The first-order valence-electron chi connectivity index (χ1n) is 10.6. The van der Waals surface area contributed by atoms with Gasteiger partial charge in [-0.25, -0.2) is 0 Å². The van der Waals surface area contributed by atoms with Crippen molar-refractivity contribution in [1.29, 1.82) is 0 Å². The average Bonchev–Trinajstić information content (AvgIpc) is 3.03. The molecule has 1 N–H and O–H groups in total. The van der Waals surface area contributed by atoms with Crippen LogP contribution in [0.5, 0.6) is 5.75 Å². The van der Waals surface area contributed by atoms with Crippen molar-refractivity contribution in [2.45, 2.75) is 25.8 Å². The van der Waals surface area contributed by atoms with E-state index in [1.807, 2.05) is 43.3 Å². The summed E-state index contributed by atoms with van der Waals surface area (Å²) in [6.45, 7) is 3.23. The molecule has 1 aliphatic heterocycles. The molecule has 0 saturated carbocycles. The van der Waals surface area contributed by atoms with E-state index in [1.54, 1.807) is 17.0 Å². The maximum absolute atomic E-state index is 13.1. The molecule has 1 fully saturated rings. The molecule has 0 aliphatic carbocycles. The first-order chi connectivity index (χ1) is 15.3. The third-order valence-corrected chi connectivity index (χ3v) is 5.90. The van der Waals surface area contributed by atoms with Crippen LogP contribution in [0.2, 0.25) is 5.02 Å². The van der Waals surface area contributed by atoms with Gasteiger partial charge in [-0.05, 0) is 62.8 Å². The Balaban J connectivity index is 2.15. The zero-order valence-electron chi connectivity index (χ0n) is 18.9. The number of halogens is 1. The molecule has 7 heteroatoms. The van der Waals surface area contributed by atoms with Crippen LogP contribution < -0.4 is 4.74 Å². The van der Waals surface area contributed by atoms with E-state index in [2.05, 4.69) is 6.92 Å². The van der Waals surface area contributed by atoms with Gasteiger partial charge in [-0.1, -0.05) is 42.8 Å². The van der Waals surface area contributed by atoms with Gasteiger partial charge in [-0.3, -0.25) is 9.59 Å². The molecule has 0 radical (unpaired) electrons. The molecule has 1 saturated heterocycles. The summed E-state index contributed by atoms with van der Waals surface area (Å²) in [4.78, 5) is 29.7. The Labute approximate surface area is 194 Å². The highest BCUT2D eigenvalue weighted by molar-refractivity contribution is 6.46. The smallest absolute Gasteiger partial charge is 0.295 e. The molecule has 1 aliphatic rings. The molecule has 2 aromatic carbocycles. The lowest BCUT2D eigenvalue weighted by atomic mass is 9.94. The number of hydrogen-bond donors (Lipinski definition) is 1. The zero-order valence-corrected chi connectivity index (χ0v) is 19.6. The number of ketones is 1. The van der Waals surface area contributed by atoms with Gasteiger partial charge in [0.1, 0.15) is 11.5 Å². The summed E-state index contributed by atoms with van der Waals surface area (Å²) in [7, 11) is 5.39. The minimum absolute atomic E-state index is 0.0460. The molecule has 0 spiro atoms. The molecule has 0 aromatic heterocycles. The van der Waals surface area contributed by atoms with Crippen LogP contribution in [-0.4, -0.2) is 60.9 Å². The van der Waals surface area contributed by atoms with Gasteiger partial charge < -0.3 is 19.6 Å². The summed E-state index contributed by atoms with van der Waals surface area (Å²) in [5, 5.41) is 11.6. The molecule has 1 amide bonds. The quantitative estimate of drug-likeness (QED) is 0.364. The van der Waals surface area contributed by atoms with E-state index in [4.69, 9.17) is 16.3 Å². The summed E-state index contributed by atoms with van der Waals surface area (Å²) in [6, 6.07) is 11.9. The monoisotopic (exact) mass is 456 g/mol. The van der Waals surface area contributed by atoms with E-state index in [1.165, 1.54) is 13.2 Å². The minimum Gasteiger partial charge on any atom is -0.507 e. The van der Waals surface area contributed by atoms with Crippen molar-refractivity contribution >= 4 is 29.1 Å². The lowest BCUT2D eigenvalue weighted by molar-refractivity contribution is -0.139. The Morgan fingerprint density at radius 3 is 2.44 bits per heavy atom. The molecule has 1 atom stereocenters. The number of amides is 1. The number of benzene rings is 2. The number of aliphatic hydroxyl groups excluding tert-OH is 1. The lowest BCUT2D eigenvalue weighted by Crippen LogP contribution is -2.32. The number of hydrogen-bond acceptors (Lipinski definition) is 5. The highest BCUT2D eigenvalue weighted by atomic mass is 35.5. The normalized spacial score (nSPS) is 17.9. The lowest BCUT2D eigenvalue weighted by Gasteiger charge is -2.26. The van der Waals surface area contributed by atoms with Gasteiger partial charge in [0.2, 0.25) is 0 Å². The van der Waals surface area contributed by atoms with Crippen LogP contribution >= 0.6 is 11.6 Å². The van der Waals surface area contributed by atoms with Crippen molar-refractivity contribution in [2.75, 3.05) is 34.3 Å². The number of methoxy groups -OCH3 is 1. The van der Waals surface area contributed by atoms with Crippen LogP contribution in [0.4, 0.5) is 0 Å². The van der Waals surface area contributed by atoms with Crippen molar-refractivity contribution in [3.05, 3.63) is 69.8 Å². The number of carbonyl (C=O) groups excluding carboxylic acids is 2. The highest BCUT2D eigenvalue weighted by Gasteiger charge is 2.46. The predicted molar refractivity (Wildman–Crippen MR) is 126 cm³/mol. The second-order valence-electron chi connectivity index (χ2n) is 8.09. The molecule has 6 nitrogen and oxygen atoms in total. The average molecular weight is 457 g/mol. The van der Waals surface area contributed by atoms with Crippen LogP contribution in [-0.2, 0) is 16.0 Å². The molecule has 0 bridgehead atoms. The predicted octanol–water partition coefficient (Wildman–Crippen LogP) is 4.28. The summed E-state index contributed by atoms with van der Waals surface area (Å²) < 4.78 is 5.36. The molecule has 2 aromatic rings. The van der Waals surface area contributed by atoms with E-state index < -0.39 is 17.7 Å². The fourth-order valence-corrected chi connectivity index (χ4v) is 4.13. The minimum atomic E-state index is -0.709. The fourth-order valence-electron chi connectivity index (χ4n) is 3.96. The Bertz CT molecular complexity index is 1030. The molecular formula is C25H29ClN2O4. The van der Waals surface area contributed by atoms with Gasteiger partial charge in [-0.2, -0.15) is 0 Å². The SMILES string of the molecule is CCc1ccc(C2/C(=C(\O)c3cc(Cl)ccc3OC)C(=O)C(=O)N2CCCN(C)C)cc1. The summed E-state index contributed by atoms with van der Waals surface area (Å²) >= 11 is 6.15. The maximum Gasteiger partial charge on any atom is 0.295 e. The van der Waals surface area contributed by atoms with Crippen LogP contribution in [0.1, 0.15) is 36.1 Å². The standard InChI is InChI=1S/C25H29ClN2O4/c1-5-16-7-9-17(10-8-16)22-21(23(29)19-15-18(26)11-12-20(19)32-4)24(30)25(31)28(22)14-6-13-27(2)3/h7-12,15,22,29H,5-6,13-14H2,1-4H3/b23-21+. The number of nitrogens with zero attached hydrogens (tertiary/aromatic N) is 2. The number of ether oxygens (including phenoxy) is 1. The molecule has 1 heterocycles. The first-order valence-corrected chi connectivity index (χ1v) is 11.0. The number of carbonyl (C=O) groups is 2. The summed E-state index contributed by atoms with van der Waals surface area (Å²) in [5.74, 6) is -1.25. The third-order valence-electron chi connectivity index (χ3n) is 5.66. The van der Waals surface area contributed by atoms with Crippen molar-refractivity contribution in [3.8, 4) is 5.75 Å². The Hall–Kier alpha value is -2.83. The molecular weight excluding hydrogens is 428 g/mol. The number of aryl methyl sites for hydroxylation is 1. The van der Waals surface area contributed by atoms with E-state index in [0.717, 1.165) is 24.1 Å². The van der Waals surface area contributed by atoms with E-state index in [9.17, 15) is 14.7 Å². The first kappa shape index (κ1) is 23.8. The molecule has 3 rings (SSSR count). The molecule has 170 valence electrons. The number of likely N-dealkylation sites (tertiary alicyclic amines) is 1. The van der Waals surface area contributed by atoms with Crippen molar-refractivity contribution in [3.63, 3.8) is 0 Å². The Morgan fingerprint density at radius 1 is 1.16 bits per heavy atom. The second-order valence-corrected chi connectivity index (χ2v) is 8.53. The van der Waals surface area contributed by atoms with Gasteiger partial charge in [0.15, 0.2) is 0 Å².